The molecule has 2 heterocycles. The highest BCUT2D eigenvalue weighted by atomic mass is 16.6. The van der Waals surface area contributed by atoms with E-state index in [1.54, 1.807) is 41.5 Å². The second kappa shape index (κ2) is 42.3. The highest BCUT2D eigenvalue weighted by Crippen LogP contribution is 2.63. The normalized spacial score (nSPS) is 30.5. The topological polar surface area (TPSA) is 242 Å². The quantitative estimate of drug-likeness (QED) is 0.0957. The number of rotatable bonds is 18. The lowest BCUT2D eigenvalue weighted by atomic mass is 9.48. The van der Waals surface area contributed by atoms with Gasteiger partial charge in [0.2, 0.25) is 6.10 Å². The molecule has 2 N–H and O–H groups in total. The summed E-state index contributed by atoms with van der Waals surface area (Å²) in [7, 11) is 0. The van der Waals surface area contributed by atoms with Crippen LogP contribution in [0.25, 0.3) is 0 Å². The van der Waals surface area contributed by atoms with Crippen molar-refractivity contribution < 1.29 is 81.7 Å². The zero-order valence-electron chi connectivity index (χ0n) is 60.2. The van der Waals surface area contributed by atoms with E-state index >= 15 is 0 Å². The Labute approximate surface area is 626 Å². The van der Waals surface area contributed by atoms with Crippen molar-refractivity contribution in [3.05, 3.63) is 0 Å². The summed E-state index contributed by atoms with van der Waals surface area (Å²) in [5.41, 5.74) is -2.35. The van der Waals surface area contributed by atoms with Crippen LogP contribution in [-0.4, -0.2) is 106 Å². The molecule has 0 spiro atoms. The summed E-state index contributed by atoms with van der Waals surface area (Å²) < 4.78 is 37.7. The molecule has 8 unspecified atom stereocenters. The molecular formula is C85H164O17. The van der Waals surface area contributed by atoms with Gasteiger partial charge in [0, 0.05) is 18.3 Å². The van der Waals surface area contributed by atoms with Crippen molar-refractivity contribution in [1.29, 1.82) is 0 Å². The molecule has 0 aromatic carbocycles. The number of cyclic esters (lactones) is 1. The summed E-state index contributed by atoms with van der Waals surface area (Å²) >= 11 is 0. The number of esters is 7. The molecule has 10 bridgehead atoms. The van der Waals surface area contributed by atoms with Gasteiger partial charge in [-0.25, -0.2) is 9.59 Å². The van der Waals surface area contributed by atoms with Gasteiger partial charge in [-0.2, -0.15) is 0 Å². The largest absolute Gasteiger partial charge is 0.481 e. The number of carbonyl (C=O) groups is 8. The van der Waals surface area contributed by atoms with Gasteiger partial charge in [0.15, 0.2) is 6.61 Å². The Bertz CT molecular complexity index is 2510. The number of hydrogen-bond donors (Lipinski definition) is 2. The van der Waals surface area contributed by atoms with Gasteiger partial charge >= 0.3 is 47.8 Å². The van der Waals surface area contributed by atoms with Crippen LogP contribution in [0.15, 0.2) is 0 Å². The summed E-state index contributed by atoms with van der Waals surface area (Å²) in [5.74, 6) is 2.63. The van der Waals surface area contributed by atoms with Crippen LogP contribution in [0.1, 0.15) is 366 Å². The molecule has 11 saturated carbocycles. The fraction of sp³-hybridized carbons (Fsp3) is 0.906. The van der Waals surface area contributed by atoms with E-state index in [-0.39, 0.29) is 162 Å². The number of ether oxygens (including phenoxy) is 7. The third-order valence-corrected chi connectivity index (χ3v) is 24.7. The third kappa shape index (κ3) is 25.4. The minimum absolute atomic E-state index is 0. The van der Waals surface area contributed by atoms with Crippen molar-refractivity contribution in [3.8, 4) is 0 Å². The highest BCUT2D eigenvalue weighted by Gasteiger charge is 2.64. The standard InChI is InChI=1S/C18H30O2.C16H22O6.C14H26O2.C11H18O.C10H16O4.C6H12O2.10CH4/c1-5-17(3,4)16(19)20-18(6-2)14-8-12-7-13(10-14)11-15(18)9-12;1-4-16(2,3)15(19)20-7-11(17)21-12-8-5-9-10(6-8)14(18)22-13(9)12;1-5-13(3,4)12(15)16-14(6-2)10-8-7-9-11-14;1-10-3-8-2-9(4-10)6-11(12,5-8)7-10;1-4-10(2,3)9(12)14-7-5-6-13-8(7)11;1-4-6(2,3)5(7)8;;;;;;;;;;/h12-15H,5-11H2,1-4H3;8-10,12-13H,4-7H2,1-3H3;5-11H2,1-4H3;8-9,12H,2-7H2,1H3;7H,4-6H2,1-3H3;4H2,1-3H3,(H,7,8);10*1H4. The maximum absolute atomic E-state index is 12.6. The highest BCUT2D eigenvalue weighted by molar-refractivity contribution is 5.83. The first-order valence-electron chi connectivity index (χ1n) is 36.1. The van der Waals surface area contributed by atoms with Crippen LogP contribution in [0.4, 0.5) is 0 Å². The van der Waals surface area contributed by atoms with E-state index in [2.05, 4.69) is 27.7 Å². The van der Waals surface area contributed by atoms with E-state index in [9.17, 15) is 43.5 Å². The summed E-state index contributed by atoms with van der Waals surface area (Å²) in [4.78, 5) is 93.0. The number of aliphatic carboxylic acids is 1. The van der Waals surface area contributed by atoms with Crippen LogP contribution >= 0.6 is 0 Å². The maximum Gasteiger partial charge on any atom is 0.347 e. The van der Waals surface area contributed by atoms with E-state index in [1.165, 1.54) is 70.6 Å². The van der Waals surface area contributed by atoms with Crippen LogP contribution in [0.5, 0.6) is 0 Å². The van der Waals surface area contributed by atoms with Crippen LogP contribution in [0.3, 0.4) is 0 Å². The summed E-state index contributed by atoms with van der Waals surface area (Å²) in [6.07, 6.45) is 26.4. The van der Waals surface area contributed by atoms with Crippen molar-refractivity contribution in [2.75, 3.05) is 13.2 Å². The van der Waals surface area contributed by atoms with E-state index < -0.39 is 46.2 Å². The van der Waals surface area contributed by atoms with Gasteiger partial charge in [-0.3, -0.25) is 28.8 Å². The maximum atomic E-state index is 12.6. The first kappa shape index (κ1) is 106. The molecular weight excluding hydrogens is 1290 g/mol. The molecule has 0 amide bonds. The predicted molar refractivity (Wildman–Crippen MR) is 417 cm³/mol. The van der Waals surface area contributed by atoms with E-state index in [1.807, 2.05) is 55.4 Å². The Morgan fingerprint density at radius 2 is 0.951 bits per heavy atom. The van der Waals surface area contributed by atoms with Crippen molar-refractivity contribution in [2.45, 2.75) is 401 Å². The monoisotopic (exact) mass is 1460 g/mol. The zero-order valence-corrected chi connectivity index (χ0v) is 60.2. The predicted octanol–water partition coefficient (Wildman–Crippen LogP) is 21.6. The lowest BCUT2D eigenvalue weighted by Crippen LogP contribution is -2.60. The van der Waals surface area contributed by atoms with Gasteiger partial charge in [-0.1, -0.05) is 136 Å². The SMILES string of the molecule is C.C.C.C.C.C.C.C.C.C.CC12CC3CC(C1)CC(O)(C3)C2.CCC(C)(C)C(=O)O.CCC(C)(C)C(=O)OC1(CC)C2CC3CC(C2)CC1C3.CCC(C)(C)C(=O)OC1CCOC1=O.CCC(C)(C)C(=O)OCC(=O)OC1C2CC3C(=O)OC1C3C2.CCC1(OC(=O)C(C)(C)CC)CCCCC1. The Morgan fingerprint density at radius 3 is 1.34 bits per heavy atom. The Kier molecular flexibility index (Phi) is 44.1. The van der Waals surface area contributed by atoms with Crippen molar-refractivity contribution in [2.24, 2.45) is 85.8 Å². The average molecular weight is 1460 g/mol. The van der Waals surface area contributed by atoms with Crippen molar-refractivity contribution >= 4 is 47.8 Å². The lowest BCUT2D eigenvalue weighted by molar-refractivity contribution is -0.218. The van der Waals surface area contributed by atoms with Gasteiger partial charge < -0.3 is 43.4 Å². The molecule has 2 aliphatic heterocycles. The number of carboxylic acid groups (broad SMARTS) is 1. The molecule has 17 heteroatoms. The number of carboxylic acids is 1. The number of aliphatic hydroxyl groups is 1. The smallest absolute Gasteiger partial charge is 0.347 e. The lowest BCUT2D eigenvalue weighted by Gasteiger charge is -2.60. The fourth-order valence-corrected chi connectivity index (χ4v) is 17.0. The van der Waals surface area contributed by atoms with Crippen molar-refractivity contribution in [1.82, 2.24) is 0 Å². The van der Waals surface area contributed by atoms with Gasteiger partial charge in [-0.15, -0.1) is 0 Å². The first-order chi connectivity index (χ1) is 42.7. The Hall–Kier alpha value is -4.28. The average Bonchev–Trinajstić information content (AvgIpc) is 1.04. The molecule has 11 aliphatic carbocycles. The molecule has 13 rings (SSSR count). The summed E-state index contributed by atoms with van der Waals surface area (Å²) in [6.45, 7) is 35.1. The van der Waals surface area contributed by atoms with Crippen LogP contribution < -0.4 is 0 Å². The second-order valence-electron chi connectivity index (χ2n) is 33.8. The zero-order chi connectivity index (χ0) is 68.8. The third-order valence-electron chi connectivity index (χ3n) is 24.7. The van der Waals surface area contributed by atoms with Crippen LogP contribution in [-0.2, 0) is 71.5 Å². The summed E-state index contributed by atoms with van der Waals surface area (Å²) in [6, 6.07) is 0. The van der Waals surface area contributed by atoms with E-state index in [4.69, 9.17) is 38.3 Å². The fourth-order valence-electron chi connectivity index (χ4n) is 17.0. The van der Waals surface area contributed by atoms with E-state index in [0.717, 1.165) is 94.3 Å². The van der Waals surface area contributed by atoms with Gasteiger partial charge in [0.25, 0.3) is 0 Å². The van der Waals surface area contributed by atoms with Crippen molar-refractivity contribution in [3.63, 3.8) is 0 Å². The van der Waals surface area contributed by atoms with Crippen LogP contribution in [0.2, 0.25) is 0 Å². The molecule has 0 aromatic heterocycles. The molecule has 2 saturated heterocycles. The number of fused-ring (bicyclic) bond motifs is 1. The van der Waals surface area contributed by atoms with Crippen LogP contribution in [0, 0.1) is 85.8 Å². The molecule has 13 fully saturated rings. The van der Waals surface area contributed by atoms with Gasteiger partial charge in [0.1, 0.15) is 23.4 Å². The minimum atomic E-state index is -0.722. The van der Waals surface area contributed by atoms with Gasteiger partial charge in [0.05, 0.1) is 45.2 Å². The minimum Gasteiger partial charge on any atom is -0.481 e. The summed E-state index contributed by atoms with van der Waals surface area (Å²) in [5, 5.41) is 18.7. The second-order valence-corrected chi connectivity index (χ2v) is 33.8. The molecule has 0 aromatic rings. The van der Waals surface area contributed by atoms with Gasteiger partial charge in [-0.05, 0) is 264 Å². The van der Waals surface area contributed by atoms with E-state index in [0.29, 0.717) is 49.5 Å². The number of hydrogen-bond acceptors (Lipinski definition) is 16. The number of carbonyl (C=O) groups excluding carboxylic acids is 7. The molecule has 8 atom stereocenters. The Balaban J connectivity index is -0.000000370. The molecule has 13 aliphatic rings. The molecule has 0 radical (unpaired) electrons. The molecule has 17 nitrogen and oxygen atoms in total. The molecule has 102 heavy (non-hydrogen) atoms. The Morgan fingerprint density at radius 1 is 0.510 bits per heavy atom. The first-order valence-corrected chi connectivity index (χ1v) is 36.1. The molecule has 606 valence electrons.